The number of aromatic nitrogens is 2. The molecule has 6 rings (SSSR count). The molecule has 0 amide bonds. The van der Waals surface area contributed by atoms with Gasteiger partial charge in [-0.3, -0.25) is 0 Å². The van der Waals surface area contributed by atoms with Gasteiger partial charge in [-0.2, -0.15) is 0 Å². The number of para-hydroxylation sites is 1. The Morgan fingerprint density at radius 1 is 0.667 bits per heavy atom. The van der Waals surface area contributed by atoms with E-state index in [1.165, 1.54) is 11.1 Å². The molecule has 198 valence electrons. The molecule has 39 heavy (non-hydrogen) atoms. The van der Waals surface area contributed by atoms with Gasteiger partial charge in [0.25, 0.3) is 0 Å². The summed E-state index contributed by atoms with van der Waals surface area (Å²) in [6.45, 7) is 14.5. The fourth-order valence-electron chi connectivity index (χ4n) is 4.97. The van der Waals surface area contributed by atoms with Crippen molar-refractivity contribution in [2.75, 3.05) is 13.2 Å². The maximum Gasteiger partial charge on any atom is 0.180 e. The fraction of sp³-hybridized carbons (Fsp3) is 0.294. The van der Waals surface area contributed by atoms with Gasteiger partial charge in [0.2, 0.25) is 0 Å². The van der Waals surface area contributed by atoms with Gasteiger partial charge in [-0.05, 0) is 28.0 Å². The van der Waals surface area contributed by atoms with Crippen molar-refractivity contribution >= 4 is 22.4 Å². The Labute approximate surface area is 234 Å². The Balaban J connectivity index is 1.57. The van der Waals surface area contributed by atoms with E-state index >= 15 is 0 Å². The average molecular weight is 535 g/mol. The fourth-order valence-corrected chi connectivity index (χ4v) is 5.93. The average Bonchev–Trinajstić information content (AvgIpc) is 3.35. The molecule has 0 saturated carbocycles. The van der Waals surface area contributed by atoms with E-state index < -0.39 is 0 Å². The predicted molar refractivity (Wildman–Crippen MR) is 162 cm³/mol. The number of thiophene rings is 1. The second kappa shape index (κ2) is 9.49. The predicted octanol–water partition coefficient (Wildman–Crippen LogP) is 9.06. The lowest BCUT2D eigenvalue weighted by atomic mass is 9.85. The third-order valence-corrected chi connectivity index (χ3v) is 8.26. The zero-order valence-corrected chi connectivity index (χ0v) is 24.3. The van der Waals surface area contributed by atoms with Crippen molar-refractivity contribution in [1.82, 2.24) is 9.97 Å². The van der Waals surface area contributed by atoms with E-state index in [0.717, 1.165) is 55.5 Å². The van der Waals surface area contributed by atoms with E-state index in [4.69, 9.17) is 19.4 Å². The second-order valence-electron chi connectivity index (χ2n) is 12.2. The van der Waals surface area contributed by atoms with Crippen molar-refractivity contribution in [3.8, 4) is 44.5 Å². The summed E-state index contributed by atoms with van der Waals surface area (Å²) in [5, 5.41) is 2.02. The number of nitrogens with zero attached hydrogens (tertiary/aromatic N) is 2. The maximum atomic E-state index is 6.03. The summed E-state index contributed by atoms with van der Waals surface area (Å²) in [5.74, 6) is 1.61. The third kappa shape index (κ3) is 4.80. The topological polar surface area (TPSA) is 44.2 Å². The maximum absolute atomic E-state index is 6.03. The number of fused-ring (bicyclic) bond motifs is 2. The quantitative estimate of drug-likeness (QED) is 0.232. The summed E-state index contributed by atoms with van der Waals surface area (Å²) < 4.78 is 11.9. The van der Waals surface area contributed by atoms with E-state index in [-0.39, 0.29) is 10.8 Å². The van der Waals surface area contributed by atoms with Crippen LogP contribution in [0.1, 0.15) is 52.7 Å². The molecule has 4 nitrogen and oxygen atoms in total. The second-order valence-corrected chi connectivity index (χ2v) is 13.1. The molecule has 0 spiro atoms. The first-order valence-electron chi connectivity index (χ1n) is 13.5. The van der Waals surface area contributed by atoms with Crippen molar-refractivity contribution < 1.29 is 9.47 Å². The minimum atomic E-state index is 0.0761. The summed E-state index contributed by atoms with van der Waals surface area (Å²) in [4.78, 5) is 11.6. The number of ether oxygens (including phenoxy) is 2. The van der Waals surface area contributed by atoms with Crippen molar-refractivity contribution in [3.63, 3.8) is 0 Å². The molecule has 0 aliphatic carbocycles. The molecule has 0 saturated heterocycles. The number of rotatable bonds is 3. The van der Waals surface area contributed by atoms with Crippen LogP contribution in [0, 0.1) is 0 Å². The van der Waals surface area contributed by atoms with Crippen LogP contribution in [0.2, 0.25) is 0 Å². The van der Waals surface area contributed by atoms with E-state index in [2.05, 4.69) is 96.1 Å². The molecule has 0 N–H and O–H groups in total. The Hall–Kier alpha value is -3.70. The van der Waals surface area contributed by atoms with Crippen molar-refractivity contribution in [2.24, 2.45) is 0 Å². The highest BCUT2D eigenvalue weighted by Gasteiger charge is 2.24. The van der Waals surface area contributed by atoms with Crippen LogP contribution < -0.4 is 9.47 Å². The molecular formula is C34H34N2O2S. The third-order valence-electron chi connectivity index (χ3n) is 7.29. The standard InChI is InChI=1S/C34H34N2O2S/c1-33(2,3)23-14-10-21(11-15-23)28-29(22-12-16-24(17-13-22)34(4,5)6)36-30-25(8-7-9-26(30)35-28)32-31-27(20-39-32)37-18-19-38-31/h7-17,20H,18-19H2,1-6H3. The van der Waals surface area contributed by atoms with Gasteiger partial charge >= 0.3 is 0 Å². The number of benzene rings is 3. The van der Waals surface area contributed by atoms with Gasteiger partial charge < -0.3 is 9.47 Å². The molecule has 2 aromatic heterocycles. The van der Waals surface area contributed by atoms with Crippen LogP contribution in [-0.4, -0.2) is 23.2 Å². The van der Waals surface area contributed by atoms with Crippen LogP contribution in [0.5, 0.6) is 11.5 Å². The van der Waals surface area contributed by atoms with Gasteiger partial charge in [0.05, 0.1) is 27.3 Å². The van der Waals surface area contributed by atoms with E-state index in [9.17, 15) is 0 Å². The number of hydrogen-bond acceptors (Lipinski definition) is 5. The van der Waals surface area contributed by atoms with Crippen LogP contribution in [0.15, 0.2) is 72.1 Å². The lowest BCUT2D eigenvalue weighted by Gasteiger charge is -2.20. The van der Waals surface area contributed by atoms with Gasteiger partial charge in [0.15, 0.2) is 11.5 Å². The molecule has 5 heteroatoms. The smallest absolute Gasteiger partial charge is 0.180 e. The molecule has 0 atom stereocenters. The molecule has 5 aromatic rings. The Bertz CT molecular complexity index is 1650. The zero-order valence-electron chi connectivity index (χ0n) is 23.5. The first-order chi connectivity index (χ1) is 18.6. The minimum absolute atomic E-state index is 0.0761. The van der Waals surface area contributed by atoms with Gasteiger partial charge in [0, 0.05) is 22.1 Å². The minimum Gasteiger partial charge on any atom is -0.485 e. The first kappa shape index (κ1) is 25.6. The Kier molecular flexibility index (Phi) is 6.22. The Morgan fingerprint density at radius 3 is 1.82 bits per heavy atom. The summed E-state index contributed by atoms with van der Waals surface area (Å²) in [6.07, 6.45) is 0. The molecule has 1 aliphatic rings. The highest BCUT2D eigenvalue weighted by molar-refractivity contribution is 7.14. The van der Waals surface area contributed by atoms with E-state index in [0.29, 0.717) is 13.2 Å². The van der Waals surface area contributed by atoms with Gasteiger partial charge in [0.1, 0.15) is 13.2 Å². The van der Waals surface area contributed by atoms with Crippen LogP contribution in [-0.2, 0) is 10.8 Å². The Morgan fingerprint density at radius 2 is 1.23 bits per heavy atom. The molecule has 0 radical (unpaired) electrons. The first-order valence-corrected chi connectivity index (χ1v) is 14.4. The SMILES string of the molecule is CC(C)(C)c1ccc(-c2nc3cccc(-c4scc5c4OCCO5)c3nc2-c2ccc(C(C)(C)C)cc2)cc1. The van der Waals surface area contributed by atoms with Crippen LogP contribution in [0.3, 0.4) is 0 Å². The summed E-state index contributed by atoms with van der Waals surface area (Å²) in [7, 11) is 0. The van der Waals surface area contributed by atoms with Crippen LogP contribution in [0.25, 0.3) is 44.0 Å². The van der Waals surface area contributed by atoms with Gasteiger partial charge in [-0.15, -0.1) is 11.3 Å². The number of hydrogen-bond donors (Lipinski definition) is 0. The zero-order chi connectivity index (χ0) is 27.4. The van der Waals surface area contributed by atoms with Crippen LogP contribution >= 0.6 is 11.3 Å². The molecule has 0 fully saturated rings. The normalized spacial score (nSPS) is 13.6. The summed E-state index contributed by atoms with van der Waals surface area (Å²) in [5.41, 5.74) is 9.35. The molecule has 3 heterocycles. The van der Waals surface area contributed by atoms with Crippen LogP contribution in [0.4, 0.5) is 0 Å². The molecule has 3 aromatic carbocycles. The van der Waals surface area contributed by atoms with E-state index in [1.54, 1.807) is 11.3 Å². The molecule has 0 bridgehead atoms. The summed E-state index contributed by atoms with van der Waals surface area (Å²) in [6, 6.07) is 23.7. The summed E-state index contributed by atoms with van der Waals surface area (Å²) >= 11 is 1.63. The highest BCUT2D eigenvalue weighted by Crippen LogP contribution is 2.47. The van der Waals surface area contributed by atoms with Crippen molar-refractivity contribution in [1.29, 1.82) is 0 Å². The monoisotopic (exact) mass is 534 g/mol. The van der Waals surface area contributed by atoms with E-state index in [1.807, 2.05) is 17.5 Å². The molecule has 0 unspecified atom stereocenters. The lowest BCUT2D eigenvalue weighted by Crippen LogP contribution is -2.14. The van der Waals surface area contributed by atoms with Gasteiger partial charge in [-0.25, -0.2) is 9.97 Å². The lowest BCUT2D eigenvalue weighted by molar-refractivity contribution is 0.174. The van der Waals surface area contributed by atoms with Crippen molar-refractivity contribution in [2.45, 2.75) is 52.4 Å². The highest BCUT2D eigenvalue weighted by atomic mass is 32.1. The molecular weight excluding hydrogens is 500 g/mol. The largest absolute Gasteiger partial charge is 0.485 e. The van der Waals surface area contributed by atoms with Crippen molar-refractivity contribution in [3.05, 3.63) is 83.2 Å². The van der Waals surface area contributed by atoms with Gasteiger partial charge in [-0.1, -0.05) is 102 Å². The molecule has 1 aliphatic heterocycles.